The zero-order valence-electron chi connectivity index (χ0n) is 15.5. The van der Waals surface area contributed by atoms with Crippen LogP contribution in [0.4, 0.5) is 5.69 Å². The lowest BCUT2D eigenvalue weighted by molar-refractivity contribution is 0.419. The molecule has 0 spiro atoms. The fourth-order valence-corrected chi connectivity index (χ4v) is 3.18. The number of pyridine rings is 1. The molecule has 1 atom stereocenters. The predicted octanol–water partition coefficient (Wildman–Crippen LogP) is 4.91. The molecule has 0 bridgehead atoms. The van der Waals surface area contributed by atoms with E-state index in [4.69, 9.17) is 17.0 Å². The standard InChI is InChI=1S/C21H23N3OS/c1-13-7-8-16(12-14(13)2)15(3)23-21(26)24-18-9-10-19(25-4)20-17(18)6-5-11-22-20/h5-12,15H,1-4H3,(H2,23,24,26)/t15-/m0/s1. The molecule has 0 aliphatic heterocycles. The highest BCUT2D eigenvalue weighted by molar-refractivity contribution is 7.80. The van der Waals surface area contributed by atoms with E-state index in [9.17, 15) is 0 Å². The van der Waals surface area contributed by atoms with Gasteiger partial charge in [0.2, 0.25) is 0 Å². The zero-order valence-corrected chi connectivity index (χ0v) is 16.3. The largest absolute Gasteiger partial charge is 0.494 e. The summed E-state index contributed by atoms with van der Waals surface area (Å²) >= 11 is 5.52. The Bertz CT molecular complexity index is 955. The molecule has 0 unspecified atom stereocenters. The molecule has 0 aliphatic carbocycles. The molecule has 0 aliphatic rings. The van der Waals surface area contributed by atoms with Gasteiger partial charge < -0.3 is 15.4 Å². The molecule has 5 heteroatoms. The van der Waals surface area contributed by atoms with Crippen LogP contribution in [-0.2, 0) is 0 Å². The molecule has 4 nitrogen and oxygen atoms in total. The van der Waals surface area contributed by atoms with Crippen LogP contribution in [0.3, 0.4) is 0 Å². The Morgan fingerprint density at radius 2 is 1.92 bits per heavy atom. The van der Waals surface area contributed by atoms with Crippen LogP contribution in [0, 0.1) is 13.8 Å². The van der Waals surface area contributed by atoms with E-state index in [1.165, 1.54) is 16.7 Å². The first-order valence-electron chi connectivity index (χ1n) is 8.56. The fourth-order valence-electron chi connectivity index (χ4n) is 2.89. The first-order valence-corrected chi connectivity index (χ1v) is 8.97. The highest BCUT2D eigenvalue weighted by atomic mass is 32.1. The van der Waals surface area contributed by atoms with Crippen LogP contribution >= 0.6 is 12.2 Å². The SMILES string of the molecule is COc1ccc(NC(=S)N[C@@H](C)c2ccc(C)c(C)c2)c2cccnc12. The molecule has 3 aromatic rings. The third kappa shape index (κ3) is 3.78. The van der Waals surface area contributed by atoms with E-state index in [0.29, 0.717) is 5.11 Å². The second-order valence-electron chi connectivity index (χ2n) is 6.38. The van der Waals surface area contributed by atoms with Crippen LogP contribution < -0.4 is 15.4 Å². The van der Waals surface area contributed by atoms with Gasteiger partial charge in [0.05, 0.1) is 13.2 Å². The van der Waals surface area contributed by atoms with Crippen LogP contribution in [0.15, 0.2) is 48.7 Å². The van der Waals surface area contributed by atoms with Crippen molar-refractivity contribution in [2.24, 2.45) is 0 Å². The zero-order chi connectivity index (χ0) is 18.7. The summed E-state index contributed by atoms with van der Waals surface area (Å²) in [5.74, 6) is 0.744. The van der Waals surface area contributed by atoms with Crippen LogP contribution in [0.5, 0.6) is 5.75 Å². The summed E-state index contributed by atoms with van der Waals surface area (Å²) in [5, 5.41) is 8.18. The number of benzene rings is 2. The highest BCUT2D eigenvalue weighted by Crippen LogP contribution is 2.29. The molecule has 3 rings (SSSR count). The molecular formula is C21H23N3OS. The molecule has 0 saturated heterocycles. The monoisotopic (exact) mass is 365 g/mol. The summed E-state index contributed by atoms with van der Waals surface area (Å²) in [6, 6.07) is 14.3. The predicted molar refractivity (Wildman–Crippen MR) is 112 cm³/mol. The number of aromatic nitrogens is 1. The maximum Gasteiger partial charge on any atom is 0.171 e. The van der Waals surface area contributed by atoms with E-state index >= 15 is 0 Å². The number of ether oxygens (including phenoxy) is 1. The highest BCUT2D eigenvalue weighted by Gasteiger charge is 2.11. The van der Waals surface area contributed by atoms with E-state index in [-0.39, 0.29) is 6.04 Å². The number of hydrogen-bond acceptors (Lipinski definition) is 3. The van der Waals surface area contributed by atoms with Crippen molar-refractivity contribution in [2.75, 3.05) is 12.4 Å². The molecule has 134 valence electrons. The van der Waals surface area contributed by atoms with E-state index < -0.39 is 0 Å². The Hall–Kier alpha value is -2.66. The average molecular weight is 366 g/mol. The molecule has 0 saturated carbocycles. The lowest BCUT2D eigenvalue weighted by Crippen LogP contribution is -2.31. The van der Waals surface area contributed by atoms with Gasteiger partial charge in [-0.3, -0.25) is 4.98 Å². The molecule has 0 amide bonds. The van der Waals surface area contributed by atoms with Crippen molar-refractivity contribution >= 4 is 33.9 Å². The van der Waals surface area contributed by atoms with Gasteiger partial charge in [-0.25, -0.2) is 0 Å². The van der Waals surface area contributed by atoms with Crippen molar-refractivity contribution in [3.05, 3.63) is 65.4 Å². The average Bonchev–Trinajstić information content (AvgIpc) is 2.64. The van der Waals surface area contributed by atoms with Crippen molar-refractivity contribution in [3.8, 4) is 5.75 Å². The fraction of sp³-hybridized carbons (Fsp3) is 0.238. The summed E-state index contributed by atoms with van der Waals surface area (Å²) < 4.78 is 5.39. The van der Waals surface area contributed by atoms with E-state index in [1.807, 2.05) is 24.3 Å². The molecule has 1 aromatic heterocycles. The van der Waals surface area contributed by atoms with Crippen molar-refractivity contribution < 1.29 is 4.74 Å². The first-order chi connectivity index (χ1) is 12.5. The topological polar surface area (TPSA) is 46.2 Å². The number of thiocarbonyl (C=S) groups is 1. The molecule has 26 heavy (non-hydrogen) atoms. The number of aryl methyl sites for hydroxylation is 2. The van der Waals surface area contributed by atoms with Crippen LogP contribution in [0.1, 0.15) is 29.7 Å². The quantitative estimate of drug-likeness (QED) is 0.644. The minimum Gasteiger partial charge on any atom is -0.494 e. The Labute approximate surface area is 159 Å². The molecule has 1 heterocycles. The van der Waals surface area contributed by atoms with Crippen LogP contribution in [-0.4, -0.2) is 17.2 Å². The van der Waals surface area contributed by atoms with E-state index in [1.54, 1.807) is 13.3 Å². The number of methoxy groups -OCH3 is 1. The Kier molecular flexibility index (Phi) is 5.38. The van der Waals surface area contributed by atoms with Crippen molar-refractivity contribution in [1.82, 2.24) is 10.3 Å². The third-order valence-electron chi connectivity index (χ3n) is 4.58. The van der Waals surface area contributed by atoms with Gasteiger partial charge in [-0.1, -0.05) is 18.2 Å². The molecular weight excluding hydrogens is 342 g/mol. The maximum absolute atomic E-state index is 5.52. The minimum atomic E-state index is 0.108. The van der Waals surface area contributed by atoms with Crippen LogP contribution in [0.2, 0.25) is 0 Å². The van der Waals surface area contributed by atoms with Crippen LogP contribution in [0.25, 0.3) is 10.9 Å². The number of rotatable bonds is 4. The van der Waals surface area contributed by atoms with E-state index in [0.717, 1.165) is 22.3 Å². The van der Waals surface area contributed by atoms with Crippen molar-refractivity contribution in [3.63, 3.8) is 0 Å². The number of nitrogens with zero attached hydrogens (tertiary/aromatic N) is 1. The second kappa shape index (κ2) is 7.70. The van der Waals surface area contributed by atoms with Gasteiger partial charge in [0.1, 0.15) is 11.3 Å². The number of hydrogen-bond donors (Lipinski definition) is 2. The first kappa shape index (κ1) is 18.1. The smallest absolute Gasteiger partial charge is 0.171 e. The third-order valence-corrected chi connectivity index (χ3v) is 4.80. The molecule has 2 aromatic carbocycles. The normalized spacial score (nSPS) is 11.8. The second-order valence-corrected chi connectivity index (χ2v) is 6.79. The van der Waals surface area contributed by atoms with Crippen molar-refractivity contribution in [2.45, 2.75) is 26.8 Å². The number of fused-ring (bicyclic) bond motifs is 1. The lowest BCUT2D eigenvalue weighted by atomic mass is 10.0. The Morgan fingerprint density at radius 3 is 2.65 bits per heavy atom. The summed E-state index contributed by atoms with van der Waals surface area (Å²) in [6.45, 7) is 6.34. The Morgan fingerprint density at radius 1 is 1.12 bits per heavy atom. The van der Waals surface area contributed by atoms with Gasteiger partial charge in [0, 0.05) is 17.3 Å². The summed E-state index contributed by atoms with van der Waals surface area (Å²) in [6.07, 6.45) is 1.76. The van der Waals surface area contributed by atoms with Gasteiger partial charge in [0.15, 0.2) is 5.11 Å². The van der Waals surface area contributed by atoms with Gasteiger partial charge >= 0.3 is 0 Å². The molecule has 2 N–H and O–H groups in total. The lowest BCUT2D eigenvalue weighted by Gasteiger charge is -2.19. The maximum atomic E-state index is 5.52. The number of nitrogens with one attached hydrogen (secondary N) is 2. The van der Waals surface area contributed by atoms with Gasteiger partial charge in [-0.2, -0.15) is 0 Å². The summed E-state index contributed by atoms with van der Waals surface area (Å²) in [4.78, 5) is 4.42. The number of anilines is 1. The van der Waals surface area contributed by atoms with Gasteiger partial charge in [-0.05, 0) is 73.9 Å². The van der Waals surface area contributed by atoms with Gasteiger partial charge in [-0.15, -0.1) is 0 Å². The molecule has 0 radical (unpaired) electrons. The Balaban J connectivity index is 1.78. The van der Waals surface area contributed by atoms with E-state index in [2.05, 4.69) is 54.6 Å². The van der Waals surface area contributed by atoms with Gasteiger partial charge in [0.25, 0.3) is 0 Å². The molecule has 0 fully saturated rings. The summed E-state index contributed by atoms with van der Waals surface area (Å²) in [5.41, 5.74) is 5.49. The minimum absolute atomic E-state index is 0.108. The van der Waals surface area contributed by atoms with Crippen molar-refractivity contribution in [1.29, 1.82) is 0 Å². The summed E-state index contributed by atoms with van der Waals surface area (Å²) in [7, 11) is 1.65.